The van der Waals surface area contributed by atoms with Crippen LogP contribution in [0.25, 0.3) is 5.78 Å². The molecule has 3 aromatic rings. The van der Waals surface area contributed by atoms with Crippen LogP contribution >= 0.6 is 0 Å². The van der Waals surface area contributed by atoms with E-state index in [1.165, 1.54) is 21.0 Å². The number of hydrogen-bond acceptors (Lipinski definition) is 8. The number of aryl methyl sites for hydroxylation is 3. The maximum absolute atomic E-state index is 13.0. The standard InChI is InChI=1S/C22H26N6O5S/c1-14-7-8-17(34(31,32)27-9-5-4-6-10-27)12-18(14)24-19(29)13-33-21(30)20-25-22-23-15(2)11-16(3)28(22)26-20/h7-8,11-12H,4-6,9-10,13H2,1-3H3,(H,24,29). The number of anilines is 1. The summed E-state index contributed by atoms with van der Waals surface area (Å²) >= 11 is 0. The molecular formula is C22H26N6O5S. The lowest BCUT2D eigenvalue weighted by Gasteiger charge is -2.26. The van der Waals surface area contributed by atoms with Crippen LogP contribution in [-0.2, 0) is 19.6 Å². The van der Waals surface area contributed by atoms with Crippen LogP contribution in [0.1, 0.15) is 46.8 Å². The molecule has 0 bridgehead atoms. The van der Waals surface area contributed by atoms with Crippen LogP contribution < -0.4 is 5.32 Å². The van der Waals surface area contributed by atoms with Crippen LogP contribution in [0, 0.1) is 20.8 Å². The third-order valence-corrected chi connectivity index (χ3v) is 7.47. The summed E-state index contributed by atoms with van der Waals surface area (Å²) in [6.45, 7) is 5.75. The van der Waals surface area contributed by atoms with Gasteiger partial charge in [-0.3, -0.25) is 4.79 Å². The number of carbonyl (C=O) groups excluding carboxylic acids is 2. The molecule has 0 spiro atoms. The Hall–Kier alpha value is -3.38. The van der Waals surface area contributed by atoms with Crippen molar-refractivity contribution < 1.29 is 22.7 Å². The predicted octanol–water partition coefficient (Wildman–Crippen LogP) is 2.02. The van der Waals surface area contributed by atoms with E-state index in [-0.39, 0.29) is 16.5 Å². The molecule has 0 aliphatic carbocycles. The van der Waals surface area contributed by atoms with E-state index in [0.717, 1.165) is 30.7 Å². The number of aromatic nitrogens is 4. The number of rotatable bonds is 6. The fourth-order valence-corrected chi connectivity index (χ4v) is 5.33. The number of hydrogen-bond donors (Lipinski definition) is 1. The fraction of sp³-hybridized carbons (Fsp3) is 0.409. The van der Waals surface area contributed by atoms with Crippen LogP contribution in [0.4, 0.5) is 5.69 Å². The average molecular weight is 487 g/mol. The molecule has 1 saturated heterocycles. The number of piperidine rings is 1. The van der Waals surface area contributed by atoms with Gasteiger partial charge in [-0.05, 0) is 57.4 Å². The third kappa shape index (κ3) is 4.92. The first-order valence-corrected chi connectivity index (χ1v) is 12.4. The number of benzene rings is 1. The van der Waals surface area contributed by atoms with E-state index >= 15 is 0 Å². The molecule has 11 nitrogen and oxygen atoms in total. The van der Waals surface area contributed by atoms with Crippen LogP contribution in [0.2, 0.25) is 0 Å². The van der Waals surface area contributed by atoms with Gasteiger partial charge >= 0.3 is 5.97 Å². The van der Waals surface area contributed by atoms with Crippen molar-refractivity contribution in [1.29, 1.82) is 0 Å². The Morgan fingerprint density at radius 2 is 1.79 bits per heavy atom. The molecule has 3 heterocycles. The molecular weight excluding hydrogens is 460 g/mol. The number of nitrogens with zero attached hydrogens (tertiary/aromatic N) is 5. The Morgan fingerprint density at radius 1 is 1.06 bits per heavy atom. The average Bonchev–Trinajstić information content (AvgIpc) is 3.24. The molecule has 0 atom stereocenters. The largest absolute Gasteiger partial charge is 0.450 e. The number of ether oxygens (including phenoxy) is 1. The maximum atomic E-state index is 13.0. The monoisotopic (exact) mass is 486 g/mol. The quantitative estimate of drug-likeness (QED) is 0.523. The second-order valence-electron chi connectivity index (χ2n) is 8.25. The van der Waals surface area contributed by atoms with Crippen molar-refractivity contribution in [2.75, 3.05) is 25.0 Å². The van der Waals surface area contributed by atoms with E-state index in [1.54, 1.807) is 32.9 Å². The van der Waals surface area contributed by atoms with E-state index in [1.807, 2.05) is 0 Å². The minimum atomic E-state index is -3.65. The SMILES string of the molecule is Cc1cc(C)n2nc(C(=O)OCC(=O)Nc3cc(S(=O)(=O)N4CCCCC4)ccc3C)nc2n1. The number of esters is 1. The number of amides is 1. The minimum Gasteiger partial charge on any atom is -0.450 e. The van der Waals surface area contributed by atoms with Gasteiger partial charge < -0.3 is 10.1 Å². The molecule has 4 rings (SSSR count). The zero-order valence-electron chi connectivity index (χ0n) is 19.2. The van der Waals surface area contributed by atoms with Crippen molar-refractivity contribution in [3.63, 3.8) is 0 Å². The smallest absolute Gasteiger partial charge is 0.378 e. The Labute approximate surface area is 197 Å². The third-order valence-electron chi connectivity index (χ3n) is 5.57. The van der Waals surface area contributed by atoms with Crippen molar-refractivity contribution in [2.24, 2.45) is 0 Å². The summed E-state index contributed by atoms with van der Waals surface area (Å²) in [6, 6.07) is 6.39. The first kappa shape index (κ1) is 23.8. The molecule has 1 fully saturated rings. The highest BCUT2D eigenvalue weighted by Crippen LogP contribution is 2.25. The fourth-order valence-electron chi connectivity index (χ4n) is 3.79. The normalized spacial score (nSPS) is 14.8. The molecule has 0 saturated carbocycles. The number of carbonyl (C=O) groups is 2. The topological polar surface area (TPSA) is 136 Å². The molecule has 12 heteroatoms. The van der Waals surface area contributed by atoms with Crippen molar-refractivity contribution in [1.82, 2.24) is 23.9 Å². The van der Waals surface area contributed by atoms with Crippen LogP contribution in [-0.4, -0.2) is 63.9 Å². The van der Waals surface area contributed by atoms with E-state index in [9.17, 15) is 18.0 Å². The minimum absolute atomic E-state index is 0.111. The highest BCUT2D eigenvalue weighted by atomic mass is 32.2. The van der Waals surface area contributed by atoms with Crippen molar-refractivity contribution in [3.8, 4) is 0 Å². The summed E-state index contributed by atoms with van der Waals surface area (Å²) in [5.41, 5.74) is 2.50. The summed E-state index contributed by atoms with van der Waals surface area (Å²) < 4.78 is 33.8. The summed E-state index contributed by atoms with van der Waals surface area (Å²) in [4.78, 5) is 33.1. The van der Waals surface area contributed by atoms with Gasteiger partial charge in [-0.25, -0.2) is 22.7 Å². The van der Waals surface area contributed by atoms with Crippen molar-refractivity contribution >= 4 is 33.4 Å². The first-order chi connectivity index (χ1) is 16.1. The summed E-state index contributed by atoms with van der Waals surface area (Å²) in [5.74, 6) is -1.43. The van der Waals surface area contributed by atoms with Crippen LogP contribution in [0.15, 0.2) is 29.2 Å². The van der Waals surface area contributed by atoms with Gasteiger partial charge in [0, 0.05) is 30.2 Å². The van der Waals surface area contributed by atoms with Gasteiger partial charge in [-0.2, -0.15) is 9.29 Å². The second-order valence-corrected chi connectivity index (χ2v) is 10.2. The van der Waals surface area contributed by atoms with Gasteiger partial charge in [0.1, 0.15) is 0 Å². The van der Waals surface area contributed by atoms with Gasteiger partial charge in [0.05, 0.1) is 4.90 Å². The Bertz CT molecular complexity index is 1360. The second kappa shape index (κ2) is 9.47. The molecule has 1 aliphatic heterocycles. The highest BCUT2D eigenvalue weighted by Gasteiger charge is 2.26. The Balaban J connectivity index is 1.42. The van der Waals surface area contributed by atoms with Gasteiger partial charge in [0.2, 0.25) is 10.0 Å². The van der Waals surface area contributed by atoms with Crippen molar-refractivity contribution in [2.45, 2.75) is 44.9 Å². The van der Waals surface area contributed by atoms with E-state index in [0.29, 0.717) is 24.3 Å². The predicted molar refractivity (Wildman–Crippen MR) is 123 cm³/mol. The summed E-state index contributed by atoms with van der Waals surface area (Å²) in [5, 5.41) is 6.70. The Morgan fingerprint density at radius 3 is 2.53 bits per heavy atom. The van der Waals surface area contributed by atoms with E-state index < -0.39 is 28.5 Å². The Kier molecular flexibility index (Phi) is 6.62. The lowest BCUT2D eigenvalue weighted by atomic mass is 10.2. The highest BCUT2D eigenvalue weighted by molar-refractivity contribution is 7.89. The van der Waals surface area contributed by atoms with Crippen LogP contribution in [0.3, 0.4) is 0 Å². The lowest BCUT2D eigenvalue weighted by Crippen LogP contribution is -2.35. The zero-order chi connectivity index (χ0) is 24.5. The van der Waals surface area contributed by atoms with Gasteiger partial charge in [0.15, 0.2) is 6.61 Å². The molecule has 34 heavy (non-hydrogen) atoms. The van der Waals surface area contributed by atoms with Gasteiger partial charge in [-0.1, -0.05) is 12.5 Å². The molecule has 180 valence electrons. The molecule has 1 amide bonds. The molecule has 1 aliphatic rings. The number of sulfonamides is 1. The van der Waals surface area contributed by atoms with E-state index in [2.05, 4.69) is 20.4 Å². The molecule has 2 aromatic heterocycles. The molecule has 0 unspecified atom stereocenters. The van der Waals surface area contributed by atoms with Crippen LogP contribution in [0.5, 0.6) is 0 Å². The number of nitrogens with one attached hydrogen (secondary N) is 1. The first-order valence-electron chi connectivity index (χ1n) is 10.9. The summed E-state index contributed by atoms with van der Waals surface area (Å²) in [7, 11) is -3.65. The zero-order valence-corrected chi connectivity index (χ0v) is 20.1. The van der Waals surface area contributed by atoms with Gasteiger partial charge in [-0.15, -0.1) is 5.10 Å². The molecule has 0 radical (unpaired) electrons. The summed E-state index contributed by atoms with van der Waals surface area (Å²) in [6.07, 6.45) is 2.67. The number of fused-ring (bicyclic) bond motifs is 1. The van der Waals surface area contributed by atoms with E-state index in [4.69, 9.17) is 4.74 Å². The molecule has 1 N–H and O–H groups in total. The lowest BCUT2D eigenvalue weighted by molar-refractivity contribution is -0.119. The van der Waals surface area contributed by atoms with Crippen molar-refractivity contribution in [3.05, 3.63) is 47.0 Å². The van der Waals surface area contributed by atoms with Gasteiger partial charge in [0.25, 0.3) is 17.5 Å². The maximum Gasteiger partial charge on any atom is 0.378 e. The molecule has 1 aromatic carbocycles.